The van der Waals surface area contributed by atoms with Gasteiger partial charge >= 0.3 is 0 Å². The summed E-state index contributed by atoms with van der Waals surface area (Å²) in [5.74, 6) is 0.406. The fourth-order valence-corrected chi connectivity index (χ4v) is 0.559. The van der Waals surface area contributed by atoms with E-state index < -0.39 is 0 Å². The molecule has 0 saturated carbocycles. The average Bonchev–Trinajstić information content (AvgIpc) is 2.23. The maximum Gasteiger partial charge on any atom is 0.212 e. The van der Waals surface area contributed by atoms with E-state index in [1.807, 2.05) is 0 Å². The van der Waals surface area contributed by atoms with Crippen molar-refractivity contribution in [3.63, 3.8) is 0 Å². The molecule has 0 unspecified atom stereocenters. The summed E-state index contributed by atoms with van der Waals surface area (Å²) in [7, 11) is 0. The Hall–Kier alpha value is -0.920. The summed E-state index contributed by atoms with van der Waals surface area (Å²) in [5.41, 5.74) is 1.23. The van der Waals surface area contributed by atoms with Gasteiger partial charge in [-0.1, -0.05) is 6.08 Å². The van der Waals surface area contributed by atoms with Gasteiger partial charge in [0.25, 0.3) is 0 Å². The quantitative estimate of drug-likeness (QED) is 0.524. The van der Waals surface area contributed by atoms with Crippen molar-refractivity contribution in [3.05, 3.63) is 23.9 Å². The van der Waals surface area contributed by atoms with Crippen LogP contribution in [0.25, 0.3) is 0 Å². The van der Waals surface area contributed by atoms with Crippen LogP contribution < -0.4 is 0 Å². The SMILES string of the molecule is OC1=CN1C1=CC1. The second kappa shape index (κ2) is 0.689. The first-order chi connectivity index (χ1) is 3.38. The fourth-order valence-electron chi connectivity index (χ4n) is 0.559. The number of rotatable bonds is 1. The minimum atomic E-state index is 0.406. The molecule has 2 aliphatic rings. The number of aliphatic hydroxyl groups is 1. The molecule has 0 aromatic rings. The van der Waals surface area contributed by atoms with Gasteiger partial charge in [0.15, 0.2) is 0 Å². The molecule has 2 nitrogen and oxygen atoms in total. The first-order valence-corrected chi connectivity index (χ1v) is 2.27. The Morgan fingerprint density at radius 3 is 2.43 bits per heavy atom. The van der Waals surface area contributed by atoms with E-state index in [0.29, 0.717) is 5.88 Å². The largest absolute Gasteiger partial charge is 0.493 e. The van der Waals surface area contributed by atoms with Gasteiger partial charge in [0.2, 0.25) is 5.88 Å². The van der Waals surface area contributed by atoms with Crippen LogP contribution in [0.3, 0.4) is 0 Å². The van der Waals surface area contributed by atoms with E-state index in [-0.39, 0.29) is 0 Å². The highest BCUT2D eigenvalue weighted by Gasteiger charge is 2.27. The molecular formula is C5H5NO. The summed E-state index contributed by atoms with van der Waals surface area (Å²) in [6.07, 6.45) is 4.83. The Labute approximate surface area is 41.4 Å². The van der Waals surface area contributed by atoms with Crippen molar-refractivity contribution in [1.82, 2.24) is 4.90 Å². The zero-order chi connectivity index (χ0) is 4.85. The van der Waals surface area contributed by atoms with E-state index in [1.165, 1.54) is 5.70 Å². The lowest BCUT2D eigenvalue weighted by Crippen LogP contribution is -1.86. The highest BCUT2D eigenvalue weighted by molar-refractivity contribution is 5.33. The average molecular weight is 95.1 g/mol. The van der Waals surface area contributed by atoms with Gasteiger partial charge < -0.3 is 5.11 Å². The molecule has 2 rings (SSSR count). The van der Waals surface area contributed by atoms with Crippen molar-refractivity contribution in [2.75, 3.05) is 0 Å². The molecular weight excluding hydrogens is 90.1 g/mol. The van der Waals surface area contributed by atoms with Crippen molar-refractivity contribution in [2.45, 2.75) is 6.42 Å². The Morgan fingerprint density at radius 2 is 2.29 bits per heavy atom. The van der Waals surface area contributed by atoms with Crippen molar-refractivity contribution >= 4 is 0 Å². The third-order valence-electron chi connectivity index (χ3n) is 1.12. The van der Waals surface area contributed by atoms with Gasteiger partial charge in [-0.2, -0.15) is 0 Å². The number of hydrogen-bond acceptors (Lipinski definition) is 2. The van der Waals surface area contributed by atoms with Crippen molar-refractivity contribution in [1.29, 1.82) is 0 Å². The predicted octanol–water partition coefficient (Wildman–Crippen LogP) is 0.946. The second-order valence-corrected chi connectivity index (χ2v) is 1.76. The third kappa shape index (κ3) is 0.330. The number of hydrogen-bond donors (Lipinski definition) is 1. The lowest BCUT2D eigenvalue weighted by Gasteiger charge is -1.89. The molecule has 0 atom stereocenters. The lowest BCUT2D eigenvalue weighted by molar-refractivity contribution is 0.371. The molecule has 0 fully saturated rings. The molecule has 1 heterocycles. The molecule has 1 aliphatic heterocycles. The van der Waals surface area contributed by atoms with E-state index >= 15 is 0 Å². The molecule has 0 radical (unpaired) electrons. The van der Waals surface area contributed by atoms with Crippen LogP contribution in [0.2, 0.25) is 0 Å². The predicted molar refractivity (Wildman–Crippen MR) is 25.3 cm³/mol. The highest BCUT2D eigenvalue weighted by atomic mass is 16.3. The zero-order valence-electron chi connectivity index (χ0n) is 3.76. The van der Waals surface area contributed by atoms with Crippen molar-refractivity contribution in [3.8, 4) is 0 Å². The van der Waals surface area contributed by atoms with E-state index in [9.17, 15) is 0 Å². The maximum absolute atomic E-state index is 8.58. The Morgan fingerprint density at radius 1 is 1.71 bits per heavy atom. The van der Waals surface area contributed by atoms with E-state index in [4.69, 9.17) is 5.11 Å². The molecule has 36 valence electrons. The van der Waals surface area contributed by atoms with Crippen LogP contribution in [0.4, 0.5) is 0 Å². The van der Waals surface area contributed by atoms with Crippen LogP contribution in [0, 0.1) is 0 Å². The van der Waals surface area contributed by atoms with Gasteiger partial charge in [-0.15, -0.1) is 0 Å². The lowest BCUT2D eigenvalue weighted by atomic mass is 10.7. The summed E-state index contributed by atoms with van der Waals surface area (Å²) in [5, 5.41) is 8.58. The molecule has 0 spiro atoms. The molecule has 0 aromatic heterocycles. The summed E-state index contributed by atoms with van der Waals surface area (Å²) in [6, 6.07) is 0. The molecule has 1 aliphatic carbocycles. The summed E-state index contributed by atoms with van der Waals surface area (Å²) in [6.45, 7) is 0. The van der Waals surface area contributed by atoms with Crippen LogP contribution in [-0.2, 0) is 0 Å². The van der Waals surface area contributed by atoms with Crippen LogP contribution in [0.1, 0.15) is 6.42 Å². The number of nitrogens with zero attached hydrogens (tertiary/aromatic N) is 1. The Kier molecular flexibility index (Phi) is 0.308. The van der Waals surface area contributed by atoms with Crippen LogP contribution in [0.15, 0.2) is 23.9 Å². The summed E-state index contributed by atoms with van der Waals surface area (Å²) >= 11 is 0. The van der Waals surface area contributed by atoms with Gasteiger partial charge in [0.1, 0.15) is 0 Å². The number of aliphatic hydroxyl groups excluding tert-OH is 1. The fraction of sp³-hybridized carbons (Fsp3) is 0.200. The highest BCUT2D eigenvalue weighted by Crippen LogP contribution is 2.34. The van der Waals surface area contributed by atoms with E-state index in [0.717, 1.165) is 6.42 Å². The van der Waals surface area contributed by atoms with E-state index in [2.05, 4.69) is 6.08 Å². The van der Waals surface area contributed by atoms with Gasteiger partial charge in [-0.3, -0.25) is 4.90 Å². The Balaban J connectivity index is 2.04. The smallest absolute Gasteiger partial charge is 0.212 e. The maximum atomic E-state index is 8.58. The van der Waals surface area contributed by atoms with Gasteiger partial charge in [-0.05, 0) is 0 Å². The summed E-state index contributed by atoms with van der Waals surface area (Å²) in [4.78, 5) is 1.78. The molecule has 0 aromatic carbocycles. The second-order valence-electron chi connectivity index (χ2n) is 1.76. The minimum absolute atomic E-state index is 0.406. The van der Waals surface area contributed by atoms with Crippen molar-refractivity contribution < 1.29 is 5.11 Å². The van der Waals surface area contributed by atoms with Crippen LogP contribution >= 0.6 is 0 Å². The first kappa shape index (κ1) is 3.13. The van der Waals surface area contributed by atoms with Gasteiger partial charge in [0.05, 0.1) is 6.20 Å². The topological polar surface area (TPSA) is 23.2 Å². The molecule has 7 heavy (non-hydrogen) atoms. The van der Waals surface area contributed by atoms with Gasteiger partial charge in [-0.25, -0.2) is 0 Å². The van der Waals surface area contributed by atoms with E-state index in [1.54, 1.807) is 11.1 Å². The molecule has 0 bridgehead atoms. The molecule has 1 N–H and O–H groups in total. The Bertz CT molecular complexity index is 169. The molecule has 2 heteroatoms. The first-order valence-electron chi connectivity index (χ1n) is 2.27. The minimum Gasteiger partial charge on any atom is -0.493 e. The monoisotopic (exact) mass is 95.0 g/mol. The number of allylic oxidation sites excluding steroid dienone is 2. The summed E-state index contributed by atoms with van der Waals surface area (Å²) < 4.78 is 0. The molecule has 0 amide bonds. The normalized spacial score (nSPS) is 23.7. The van der Waals surface area contributed by atoms with Crippen LogP contribution in [0.5, 0.6) is 0 Å². The van der Waals surface area contributed by atoms with Crippen LogP contribution in [-0.4, -0.2) is 10.0 Å². The van der Waals surface area contributed by atoms with Gasteiger partial charge in [0, 0.05) is 12.1 Å². The molecule has 0 saturated heterocycles. The van der Waals surface area contributed by atoms with Crippen molar-refractivity contribution in [2.24, 2.45) is 0 Å². The standard InChI is InChI=1S/C5H5NO/c7-5-3-6(5)4-1-2-4/h1,3,7H,2H2. The zero-order valence-corrected chi connectivity index (χ0v) is 3.76. The third-order valence-corrected chi connectivity index (χ3v) is 1.12.